The number of rotatable bonds is 5. The van der Waals surface area contributed by atoms with Crippen LogP contribution in [-0.2, 0) is 12.8 Å². The smallest absolute Gasteiger partial charge is 0.207 e. The van der Waals surface area contributed by atoms with Gasteiger partial charge in [0, 0.05) is 24.6 Å². The number of hydrogen-bond acceptors (Lipinski definition) is 2. The van der Waals surface area contributed by atoms with E-state index in [2.05, 4.69) is 40.0 Å². The third-order valence-corrected chi connectivity index (χ3v) is 3.81. The van der Waals surface area contributed by atoms with Gasteiger partial charge in [-0.1, -0.05) is 19.4 Å². The van der Waals surface area contributed by atoms with E-state index in [0.717, 1.165) is 12.5 Å². The predicted molar refractivity (Wildman–Crippen MR) is 79.0 cm³/mol. The van der Waals surface area contributed by atoms with Gasteiger partial charge in [0.1, 0.15) is 0 Å². The molecule has 0 aliphatic heterocycles. The molecule has 1 N–H and O–H groups in total. The number of hydrogen-bond donors (Lipinski definition) is 1. The molecule has 0 atom stereocenters. The van der Waals surface area contributed by atoms with Gasteiger partial charge in [0.25, 0.3) is 0 Å². The molecule has 1 aromatic heterocycles. The Morgan fingerprint density at radius 1 is 1.26 bits per heavy atom. The molecule has 0 saturated carbocycles. The molecule has 0 fully saturated rings. The number of imidazole rings is 1. The minimum atomic E-state index is 0.950. The van der Waals surface area contributed by atoms with Crippen molar-refractivity contribution in [2.75, 3.05) is 11.9 Å². The summed E-state index contributed by atoms with van der Waals surface area (Å²) >= 11 is 0. The molecule has 1 heterocycles. The molecule has 3 nitrogen and oxygen atoms in total. The Morgan fingerprint density at radius 2 is 2.16 bits per heavy atom. The molecular weight excluding hydrogens is 234 g/mol. The maximum atomic E-state index is 4.41. The monoisotopic (exact) mass is 255 g/mol. The van der Waals surface area contributed by atoms with Gasteiger partial charge in [-0.25, -0.2) is 4.98 Å². The molecule has 0 unspecified atom stereocenters. The second-order valence-electron chi connectivity index (χ2n) is 5.21. The Hall–Kier alpha value is -1.77. The van der Waals surface area contributed by atoms with E-state index in [4.69, 9.17) is 0 Å². The van der Waals surface area contributed by atoms with E-state index in [1.54, 1.807) is 0 Å². The van der Waals surface area contributed by atoms with Crippen LogP contribution in [0.25, 0.3) is 5.69 Å². The molecule has 3 rings (SSSR count). The van der Waals surface area contributed by atoms with Gasteiger partial charge in [-0.05, 0) is 48.9 Å². The lowest BCUT2D eigenvalue weighted by atomic mass is 10.1. The Kier molecular flexibility index (Phi) is 3.53. The molecule has 1 aromatic carbocycles. The third kappa shape index (κ3) is 2.50. The van der Waals surface area contributed by atoms with E-state index < -0.39 is 0 Å². The van der Waals surface area contributed by atoms with E-state index in [-0.39, 0.29) is 0 Å². The zero-order chi connectivity index (χ0) is 13.1. The highest BCUT2D eigenvalue weighted by atomic mass is 15.2. The van der Waals surface area contributed by atoms with E-state index in [9.17, 15) is 0 Å². The van der Waals surface area contributed by atoms with Gasteiger partial charge in [0.15, 0.2) is 0 Å². The molecule has 0 saturated heterocycles. The Morgan fingerprint density at radius 3 is 3.05 bits per heavy atom. The van der Waals surface area contributed by atoms with Crippen molar-refractivity contribution in [3.63, 3.8) is 0 Å². The third-order valence-electron chi connectivity index (χ3n) is 3.81. The number of anilines is 1. The van der Waals surface area contributed by atoms with Gasteiger partial charge in [0.2, 0.25) is 5.95 Å². The van der Waals surface area contributed by atoms with Gasteiger partial charge in [-0.3, -0.25) is 4.57 Å². The fourth-order valence-electron chi connectivity index (χ4n) is 2.73. The van der Waals surface area contributed by atoms with Crippen molar-refractivity contribution in [1.82, 2.24) is 9.55 Å². The first-order chi connectivity index (χ1) is 9.38. The molecule has 1 aliphatic rings. The summed E-state index contributed by atoms with van der Waals surface area (Å²) in [6.45, 7) is 3.19. The van der Waals surface area contributed by atoms with Crippen molar-refractivity contribution >= 4 is 5.95 Å². The Bertz CT molecular complexity index is 557. The van der Waals surface area contributed by atoms with E-state index in [1.807, 2.05) is 12.4 Å². The Labute approximate surface area is 114 Å². The van der Waals surface area contributed by atoms with E-state index >= 15 is 0 Å². The average Bonchev–Trinajstić information content (AvgIpc) is 3.06. The number of nitrogens with one attached hydrogen (secondary N) is 1. The molecule has 0 amide bonds. The van der Waals surface area contributed by atoms with Gasteiger partial charge in [0.05, 0.1) is 0 Å². The lowest BCUT2D eigenvalue weighted by molar-refractivity contribution is 0.823. The summed E-state index contributed by atoms with van der Waals surface area (Å²) < 4.78 is 2.15. The summed E-state index contributed by atoms with van der Waals surface area (Å²) in [7, 11) is 0. The van der Waals surface area contributed by atoms with E-state index in [0.29, 0.717) is 0 Å². The second kappa shape index (κ2) is 5.47. The molecule has 0 bridgehead atoms. The van der Waals surface area contributed by atoms with Crippen LogP contribution in [0.1, 0.15) is 37.3 Å². The first-order valence-corrected chi connectivity index (χ1v) is 7.28. The first kappa shape index (κ1) is 12.3. The van der Waals surface area contributed by atoms with Crippen LogP contribution >= 0.6 is 0 Å². The van der Waals surface area contributed by atoms with Crippen LogP contribution in [0.2, 0.25) is 0 Å². The molecule has 3 heteroatoms. The largest absolute Gasteiger partial charge is 0.355 e. The number of unbranched alkanes of at least 4 members (excludes halogenated alkanes) is 1. The Balaban J connectivity index is 1.84. The topological polar surface area (TPSA) is 29.9 Å². The molecule has 19 heavy (non-hydrogen) atoms. The maximum Gasteiger partial charge on any atom is 0.207 e. The van der Waals surface area contributed by atoms with Gasteiger partial charge >= 0.3 is 0 Å². The van der Waals surface area contributed by atoms with Gasteiger partial charge in [-0.15, -0.1) is 0 Å². The number of benzene rings is 1. The zero-order valence-electron chi connectivity index (χ0n) is 11.5. The van der Waals surface area contributed by atoms with Crippen molar-refractivity contribution in [2.24, 2.45) is 0 Å². The lowest BCUT2D eigenvalue weighted by Crippen LogP contribution is -2.07. The van der Waals surface area contributed by atoms with Crippen LogP contribution in [0.15, 0.2) is 30.6 Å². The van der Waals surface area contributed by atoms with E-state index in [1.165, 1.54) is 48.9 Å². The molecule has 0 spiro atoms. The van der Waals surface area contributed by atoms with Crippen LogP contribution in [-0.4, -0.2) is 16.1 Å². The molecular formula is C16H21N3. The highest BCUT2D eigenvalue weighted by molar-refractivity contribution is 5.47. The summed E-state index contributed by atoms with van der Waals surface area (Å²) in [4.78, 5) is 4.41. The minimum absolute atomic E-state index is 0.950. The normalized spacial score (nSPS) is 13.5. The molecule has 0 radical (unpaired) electrons. The van der Waals surface area contributed by atoms with Crippen molar-refractivity contribution in [3.8, 4) is 5.69 Å². The molecule has 100 valence electrons. The van der Waals surface area contributed by atoms with Crippen molar-refractivity contribution < 1.29 is 0 Å². The quantitative estimate of drug-likeness (QED) is 0.828. The van der Waals surface area contributed by atoms with Crippen molar-refractivity contribution in [1.29, 1.82) is 0 Å². The van der Waals surface area contributed by atoms with Crippen LogP contribution in [0.5, 0.6) is 0 Å². The van der Waals surface area contributed by atoms with Crippen LogP contribution in [0.3, 0.4) is 0 Å². The number of aryl methyl sites for hydroxylation is 2. The lowest BCUT2D eigenvalue weighted by Gasteiger charge is -2.11. The summed E-state index contributed by atoms with van der Waals surface area (Å²) in [5, 5.41) is 3.41. The van der Waals surface area contributed by atoms with Crippen LogP contribution in [0, 0.1) is 0 Å². The first-order valence-electron chi connectivity index (χ1n) is 7.28. The van der Waals surface area contributed by atoms with Crippen molar-refractivity contribution in [3.05, 3.63) is 41.7 Å². The average molecular weight is 255 g/mol. The number of nitrogens with zero attached hydrogens (tertiary/aromatic N) is 2. The summed E-state index contributed by atoms with van der Waals surface area (Å²) in [5.41, 5.74) is 4.24. The zero-order valence-corrected chi connectivity index (χ0v) is 11.5. The van der Waals surface area contributed by atoms with Crippen LogP contribution < -0.4 is 5.32 Å². The van der Waals surface area contributed by atoms with Gasteiger partial charge < -0.3 is 5.32 Å². The highest BCUT2D eigenvalue weighted by Crippen LogP contribution is 2.25. The number of aromatic nitrogens is 2. The fraction of sp³-hybridized carbons (Fsp3) is 0.438. The maximum absolute atomic E-state index is 4.41. The molecule has 1 aliphatic carbocycles. The highest BCUT2D eigenvalue weighted by Gasteiger charge is 2.12. The summed E-state index contributed by atoms with van der Waals surface area (Å²) in [5.74, 6) is 0.950. The second-order valence-corrected chi connectivity index (χ2v) is 5.21. The van der Waals surface area contributed by atoms with Crippen LogP contribution in [0.4, 0.5) is 5.95 Å². The number of fused-ring (bicyclic) bond motifs is 1. The molecule has 2 aromatic rings. The minimum Gasteiger partial charge on any atom is -0.355 e. The standard InChI is InChI=1S/C16H21N3/c1-2-3-9-17-16-18-10-11-19(16)15-8-7-13-5-4-6-14(13)12-15/h7-8,10-12H,2-6,9H2,1H3,(H,17,18). The summed E-state index contributed by atoms with van der Waals surface area (Å²) in [6.07, 6.45) is 10.0. The SMILES string of the molecule is CCCCNc1nccn1-c1ccc2c(c1)CCC2. The fourth-order valence-corrected chi connectivity index (χ4v) is 2.73. The summed E-state index contributed by atoms with van der Waals surface area (Å²) in [6, 6.07) is 6.79. The van der Waals surface area contributed by atoms with Crippen molar-refractivity contribution in [2.45, 2.75) is 39.0 Å². The van der Waals surface area contributed by atoms with Gasteiger partial charge in [-0.2, -0.15) is 0 Å². The predicted octanol–water partition coefficient (Wildman–Crippen LogP) is 3.57.